The van der Waals surface area contributed by atoms with Crippen molar-refractivity contribution in [3.8, 4) is 5.75 Å². The Morgan fingerprint density at radius 1 is 1.15 bits per heavy atom. The molecule has 8 heteroatoms. The van der Waals surface area contributed by atoms with Gasteiger partial charge in [0.15, 0.2) is 17.1 Å². The molecule has 3 heterocycles. The minimum atomic E-state index is -0.989. The Kier molecular flexibility index (Phi) is 5.69. The van der Waals surface area contributed by atoms with Crippen LogP contribution in [0.2, 0.25) is 0 Å². The van der Waals surface area contributed by atoms with E-state index in [0.29, 0.717) is 36.9 Å². The third-order valence-electron chi connectivity index (χ3n) is 5.89. The van der Waals surface area contributed by atoms with Gasteiger partial charge in [-0.1, -0.05) is 12.1 Å². The van der Waals surface area contributed by atoms with E-state index in [1.54, 1.807) is 37.7 Å². The molecule has 0 amide bonds. The summed E-state index contributed by atoms with van der Waals surface area (Å²) in [6.45, 7) is 3.25. The number of carboxylic acids is 1. The minimum absolute atomic E-state index is 0.201. The maximum Gasteiger partial charge on any atom is 0.335 e. The lowest BCUT2D eigenvalue weighted by atomic mass is 10.1. The number of hydrogen-bond acceptors (Lipinski definition) is 7. The van der Waals surface area contributed by atoms with Gasteiger partial charge in [0, 0.05) is 30.0 Å². The Bertz CT molecular complexity index is 1330. The number of furan rings is 1. The van der Waals surface area contributed by atoms with Crippen LogP contribution >= 0.6 is 0 Å². The second kappa shape index (κ2) is 8.81. The summed E-state index contributed by atoms with van der Waals surface area (Å²) >= 11 is 0. The molecule has 8 nitrogen and oxygen atoms in total. The average molecular weight is 460 g/mol. The summed E-state index contributed by atoms with van der Waals surface area (Å²) < 4.78 is 23.4. The summed E-state index contributed by atoms with van der Waals surface area (Å²) in [5, 5.41) is 10.3. The third-order valence-corrected chi connectivity index (χ3v) is 5.89. The third kappa shape index (κ3) is 3.98. The van der Waals surface area contributed by atoms with Gasteiger partial charge >= 0.3 is 5.97 Å². The highest BCUT2D eigenvalue weighted by Crippen LogP contribution is 2.43. The second-order valence-corrected chi connectivity index (χ2v) is 8.09. The zero-order valence-corrected chi connectivity index (χ0v) is 18.9. The van der Waals surface area contributed by atoms with E-state index in [1.807, 2.05) is 48.2 Å². The predicted molar refractivity (Wildman–Crippen MR) is 126 cm³/mol. The Labute approximate surface area is 196 Å². The monoisotopic (exact) mass is 460 g/mol. The zero-order valence-electron chi connectivity index (χ0n) is 18.9. The Balaban J connectivity index is 1.69. The first-order valence-electron chi connectivity index (χ1n) is 10.9. The van der Waals surface area contributed by atoms with Crippen molar-refractivity contribution in [2.24, 2.45) is 0 Å². The highest BCUT2D eigenvalue weighted by atomic mass is 16.7. The van der Waals surface area contributed by atoms with Crippen LogP contribution in [0.25, 0.3) is 11.0 Å². The van der Waals surface area contributed by atoms with Gasteiger partial charge < -0.3 is 28.6 Å². The van der Waals surface area contributed by atoms with Crippen molar-refractivity contribution in [1.82, 2.24) is 4.98 Å². The molecule has 174 valence electrons. The quantitative estimate of drug-likeness (QED) is 0.407. The van der Waals surface area contributed by atoms with Crippen LogP contribution in [-0.2, 0) is 21.8 Å². The van der Waals surface area contributed by atoms with Crippen LogP contribution in [0.1, 0.15) is 28.6 Å². The van der Waals surface area contributed by atoms with E-state index in [9.17, 15) is 9.90 Å². The predicted octanol–water partition coefficient (Wildman–Crippen LogP) is 5.09. The van der Waals surface area contributed by atoms with Crippen molar-refractivity contribution in [2.45, 2.75) is 19.3 Å². The largest absolute Gasteiger partial charge is 0.493 e. The summed E-state index contributed by atoms with van der Waals surface area (Å²) in [6.07, 6.45) is 3.51. The number of aromatic carboxylic acids is 1. The molecule has 5 rings (SSSR count). The number of benzene rings is 2. The maximum absolute atomic E-state index is 11.7. The normalized spacial score (nSPS) is 14.9. The maximum atomic E-state index is 11.7. The van der Waals surface area contributed by atoms with Crippen LogP contribution in [0.4, 0.5) is 11.4 Å². The van der Waals surface area contributed by atoms with E-state index >= 15 is 0 Å². The Hall–Kier alpha value is -3.88. The molecule has 1 fully saturated rings. The molecule has 2 aromatic carbocycles. The summed E-state index contributed by atoms with van der Waals surface area (Å²) in [4.78, 5) is 17.9. The van der Waals surface area contributed by atoms with Crippen molar-refractivity contribution in [1.29, 1.82) is 0 Å². The molecule has 1 aliphatic heterocycles. The number of carbonyl (C=O) groups is 1. The van der Waals surface area contributed by atoms with E-state index in [-0.39, 0.29) is 5.56 Å². The molecule has 0 atom stereocenters. The SMILES string of the molecule is COc1ccc(N(Cc2cccnc2)c2cccc(C(=O)O)c2)c2cc(C3(C)OCCO3)oc12. The lowest BCUT2D eigenvalue weighted by Gasteiger charge is -2.26. The molecule has 0 aliphatic carbocycles. The van der Waals surface area contributed by atoms with Gasteiger partial charge in [0.1, 0.15) is 0 Å². The molecule has 34 heavy (non-hydrogen) atoms. The summed E-state index contributed by atoms with van der Waals surface area (Å²) in [7, 11) is 1.59. The van der Waals surface area contributed by atoms with Crippen molar-refractivity contribution < 1.29 is 28.5 Å². The number of ether oxygens (including phenoxy) is 3. The zero-order chi connectivity index (χ0) is 23.7. The molecule has 2 aromatic heterocycles. The van der Waals surface area contributed by atoms with Crippen LogP contribution in [0.15, 0.2) is 71.4 Å². The molecule has 4 aromatic rings. The van der Waals surface area contributed by atoms with Gasteiger partial charge in [0.2, 0.25) is 5.79 Å². The minimum Gasteiger partial charge on any atom is -0.493 e. The van der Waals surface area contributed by atoms with Gasteiger partial charge in [-0.15, -0.1) is 0 Å². The van der Waals surface area contributed by atoms with E-state index in [2.05, 4.69) is 4.98 Å². The molecule has 1 saturated heterocycles. The highest BCUT2D eigenvalue weighted by molar-refractivity contribution is 5.98. The summed E-state index contributed by atoms with van der Waals surface area (Å²) in [6, 6.07) is 16.4. The van der Waals surface area contributed by atoms with Crippen LogP contribution in [-0.4, -0.2) is 36.4 Å². The molecule has 0 unspecified atom stereocenters. The highest BCUT2D eigenvalue weighted by Gasteiger charge is 2.37. The molecule has 0 saturated carbocycles. The number of hydrogen-bond donors (Lipinski definition) is 1. The van der Waals surface area contributed by atoms with Crippen LogP contribution < -0.4 is 9.64 Å². The smallest absolute Gasteiger partial charge is 0.335 e. The fourth-order valence-corrected chi connectivity index (χ4v) is 4.16. The fraction of sp³-hybridized carbons (Fsp3) is 0.231. The van der Waals surface area contributed by atoms with Crippen molar-refractivity contribution in [3.05, 3.63) is 83.9 Å². The van der Waals surface area contributed by atoms with Crippen molar-refractivity contribution in [3.63, 3.8) is 0 Å². The van der Waals surface area contributed by atoms with E-state index in [0.717, 1.165) is 22.3 Å². The number of aromatic nitrogens is 1. The average Bonchev–Trinajstić information content (AvgIpc) is 3.51. The van der Waals surface area contributed by atoms with Gasteiger partial charge in [-0.2, -0.15) is 0 Å². The molecule has 0 bridgehead atoms. The van der Waals surface area contributed by atoms with Gasteiger partial charge in [-0.05, 0) is 55.0 Å². The molecular weight excluding hydrogens is 436 g/mol. The Morgan fingerprint density at radius 3 is 2.68 bits per heavy atom. The van der Waals surface area contributed by atoms with Gasteiger partial charge in [0.05, 0.1) is 31.6 Å². The van der Waals surface area contributed by atoms with E-state index in [4.69, 9.17) is 18.6 Å². The summed E-state index contributed by atoms with van der Waals surface area (Å²) in [5.74, 6) is -0.866. The number of rotatable bonds is 7. The number of carboxylic acid groups (broad SMARTS) is 1. The number of fused-ring (bicyclic) bond motifs is 1. The van der Waals surface area contributed by atoms with Crippen molar-refractivity contribution >= 4 is 28.3 Å². The molecular formula is C26H24N2O6. The first kappa shape index (κ1) is 21.9. The molecule has 0 radical (unpaired) electrons. The molecule has 1 N–H and O–H groups in total. The number of pyridine rings is 1. The second-order valence-electron chi connectivity index (χ2n) is 8.09. The van der Waals surface area contributed by atoms with Gasteiger partial charge in [-0.3, -0.25) is 4.98 Å². The van der Waals surface area contributed by atoms with E-state index < -0.39 is 11.8 Å². The van der Waals surface area contributed by atoms with Gasteiger partial charge in [0.25, 0.3) is 0 Å². The number of methoxy groups -OCH3 is 1. The molecule has 0 spiro atoms. The Morgan fingerprint density at radius 2 is 1.97 bits per heavy atom. The van der Waals surface area contributed by atoms with Crippen LogP contribution in [0.5, 0.6) is 5.75 Å². The fourth-order valence-electron chi connectivity index (χ4n) is 4.16. The van der Waals surface area contributed by atoms with Crippen LogP contribution in [0.3, 0.4) is 0 Å². The lowest BCUT2D eigenvalue weighted by molar-refractivity contribution is -0.162. The number of nitrogens with zero attached hydrogens (tertiary/aromatic N) is 2. The van der Waals surface area contributed by atoms with Crippen LogP contribution in [0, 0.1) is 0 Å². The number of anilines is 2. The molecule has 1 aliphatic rings. The van der Waals surface area contributed by atoms with E-state index in [1.165, 1.54) is 0 Å². The summed E-state index contributed by atoms with van der Waals surface area (Å²) in [5.41, 5.74) is 3.26. The lowest BCUT2D eigenvalue weighted by Crippen LogP contribution is -2.21. The standard InChI is InChI=1S/C26H24N2O6/c1-26(32-11-12-33-26)23-14-20-21(8-9-22(31-2)24(20)34-23)28(16-17-5-4-10-27-15-17)19-7-3-6-18(13-19)25(29)30/h3-10,13-15H,11-12,16H2,1-2H3,(H,29,30). The van der Waals surface area contributed by atoms with Crippen molar-refractivity contribution in [2.75, 3.05) is 25.2 Å². The van der Waals surface area contributed by atoms with Gasteiger partial charge in [-0.25, -0.2) is 4.79 Å². The first-order chi connectivity index (χ1) is 16.5. The topological polar surface area (TPSA) is 94.3 Å². The first-order valence-corrected chi connectivity index (χ1v) is 10.9.